The van der Waals surface area contributed by atoms with Gasteiger partial charge in [-0.3, -0.25) is 13.7 Å². The Labute approximate surface area is 178 Å². The van der Waals surface area contributed by atoms with Gasteiger partial charge in [-0.25, -0.2) is 17.8 Å². The average Bonchev–Trinajstić information content (AvgIpc) is 3.32. The number of carbonyl (C=O) groups is 1. The van der Waals surface area contributed by atoms with Crippen LogP contribution in [0.25, 0.3) is 5.69 Å². The highest BCUT2D eigenvalue weighted by Gasteiger charge is 2.28. The number of nitrogens with zero attached hydrogens (tertiary/aromatic N) is 3. The number of benzene rings is 2. The molecule has 3 aromatic rings. The molecule has 10 heteroatoms. The summed E-state index contributed by atoms with van der Waals surface area (Å²) in [4.78, 5) is 17.2. The lowest BCUT2D eigenvalue weighted by atomic mass is 10.2. The Bertz CT molecular complexity index is 1180. The van der Waals surface area contributed by atoms with E-state index in [4.69, 9.17) is 0 Å². The van der Waals surface area contributed by atoms with Gasteiger partial charge >= 0.3 is 0 Å². The number of rotatable bonds is 5. The second-order valence-electron chi connectivity index (χ2n) is 6.68. The van der Waals surface area contributed by atoms with E-state index in [1.165, 1.54) is 34.4 Å². The number of thioether (sulfide) groups is 1. The number of sulfonamides is 1. The molecule has 0 aliphatic carbocycles. The molecule has 1 saturated heterocycles. The molecule has 7 nitrogen and oxygen atoms in total. The van der Waals surface area contributed by atoms with Crippen molar-refractivity contribution in [1.29, 1.82) is 0 Å². The first-order valence-electron chi connectivity index (χ1n) is 9.18. The summed E-state index contributed by atoms with van der Waals surface area (Å²) in [5.41, 5.74) is 2.03. The summed E-state index contributed by atoms with van der Waals surface area (Å²) in [7, 11) is -3.25. The first kappa shape index (κ1) is 20.4. The zero-order valence-electron chi connectivity index (χ0n) is 16.1. The van der Waals surface area contributed by atoms with Gasteiger partial charge in [0.05, 0.1) is 17.6 Å². The lowest BCUT2D eigenvalue weighted by Crippen LogP contribution is -2.25. The summed E-state index contributed by atoms with van der Waals surface area (Å²) >= 11 is 1.37. The van der Waals surface area contributed by atoms with Gasteiger partial charge in [-0.1, -0.05) is 11.8 Å². The molecule has 1 N–H and O–H groups in total. The number of hydrogen-bond donors (Lipinski definition) is 1. The van der Waals surface area contributed by atoms with Crippen molar-refractivity contribution in [3.05, 3.63) is 66.2 Å². The Kier molecular flexibility index (Phi) is 5.52. The normalized spacial score (nSPS) is 15.3. The third-order valence-electron chi connectivity index (χ3n) is 4.74. The van der Waals surface area contributed by atoms with E-state index in [1.54, 1.807) is 41.0 Å². The largest absolute Gasteiger partial charge is 0.321 e. The molecule has 2 heterocycles. The van der Waals surface area contributed by atoms with E-state index in [0.717, 1.165) is 0 Å². The molecule has 1 fully saturated rings. The average molecular weight is 447 g/mol. The minimum atomic E-state index is -3.25. The SMILES string of the molecule is CSc1ncc(C(=O)Nc2ccc(N3CCCS3(=O)=O)cc2)n1-c1ccc(F)cc1. The second-order valence-corrected chi connectivity index (χ2v) is 9.47. The molecule has 1 aromatic heterocycles. The molecule has 30 heavy (non-hydrogen) atoms. The van der Waals surface area contributed by atoms with Crippen LogP contribution >= 0.6 is 11.8 Å². The van der Waals surface area contributed by atoms with Gasteiger partial charge in [0.2, 0.25) is 10.0 Å². The molecule has 156 valence electrons. The highest BCUT2D eigenvalue weighted by molar-refractivity contribution is 7.98. The first-order valence-corrected chi connectivity index (χ1v) is 12.0. The molecule has 1 aliphatic rings. The van der Waals surface area contributed by atoms with E-state index in [0.29, 0.717) is 40.9 Å². The zero-order chi connectivity index (χ0) is 21.3. The van der Waals surface area contributed by atoms with E-state index >= 15 is 0 Å². The Morgan fingerprint density at radius 3 is 2.37 bits per heavy atom. The third-order valence-corrected chi connectivity index (χ3v) is 7.26. The van der Waals surface area contributed by atoms with Gasteiger partial charge in [0.15, 0.2) is 5.16 Å². The van der Waals surface area contributed by atoms with Crippen molar-refractivity contribution in [2.45, 2.75) is 11.6 Å². The van der Waals surface area contributed by atoms with Crippen molar-refractivity contribution in [3.8, 4) is 5.69 Å². The number of amides is 1. The van der Waals surface area contributed by atoms with Crippen LogP contribution in [0.3, 0.4) is 0 Å². The van der Waals surface area contributed by atoms with E-state index in [1.807, 2.05) is 6.26 Å². The number of imidazole rings is 1. The summed E-state index contributed by atoms with van der Waals surface area (Å²) in [5.74, 6) is -0.597. The van der Waals surface area contributed by atoms with Crippen LogP contribution in [0, 0.1) is 5.82 Å². The van der Waals surface area contributed by atoms with E-state index in [2.05, 4.69) is 10.3 Å². The Morgan fingerprint density at radius 1 is 1.10 bits per heavy atom. The number of halogens is 1. The summed E-state index contributed by atoms with van der Waals surface area (Å²) in [6.45, 7) is 0.461. The van der Waals surface area contributed by atoms with Gasteiger partial charge in [-0.05, 0) is 61.2 Å². The van der Waals surface area contributed by atoms with Gasteiger partial charge in [0.1, 0.15) is 11.5 Å². The van der Waals surface area contributed by atoms with Gasteiger partial charge in [-0.15, -0.1) is 0 Å². The van der Waals surface area contributed by atoms with Crippen LogP contribution < -0.4 is 9.62 Å². The highest BCUT2D eigenvalue weighted by atomic mass is 32.2. The van der Waals surface area contributed by atoms with Crippen LogP contribution in [0.15, 0.2) is 59.9 Å². The van der Waals surface area contributed by atoms with Crippen LogP contribution in [-0.2, 0) is 10.0 Å². The fourth-order valence-electron chi connectivity index (χ4n) is 3.31. The molecule has 4 rings (SSSR count). The van der Waals surface area contributed by atoms with Crippen molar-refractivity contribution in [2.75, 3.05) is 28.2 Å². The second kappa shape index (κ2) is 8.11. The fraction of sp³-hybridized carbons (Fsp3) is 0.200. The maximum Gasteiger partial charge on any atom is 0.274 e. The molecule has 0 spiro atoms. The number of nitrogens with one attached hydrogen (secondary N) is 1. The standard InChI is InChI=1S/C20H19FN4O3S2/c1-29-20-22-13-18(25(20)17-7-3-14(21)4-8-17)19(26)23-15-5-9-16(10-6-15)24-11-2-12-30(24,27)28/h3-10,13H,2,11-12H2,1H3,(H,23,26). The van der Waals surface area contributed by atoms with Gasteiger partial charge in [-0.2, -0.15) is 0 Å². The number of aromatic nitrogens is 2. The van der Waals surface area contributed by atoms with Crippen molar-refractivity contribution in [3.63, 3.8) is 0 Å². The zero-order valence-corrected chi connectivity index (χ0v) is 17.7. The van der Waals surface area contributed by atoms with Crippen LogP contribution in [0.5, 0.6) is 0 Å². The predicted octanol–water partition coefficient (Wildman–Crippen LogP) is 3.53. The molecular weight excluding hydrogens is 427 g/mol. The number of carbonyl (C=O) groups excluding carboxylic acids is 1. The lowest BCUT2D eigenvalue weighted by molar-refractivity contribution is 0.102. The minimum absolute atomic E-state index is 0.149. The summed E-state index contributed by atoms with van der Waals surface area (Å²) < 4.78 is 40.4. The van der Waals surface area contributed by atoms with E-state index < -0.39 is 10.0 Å². The topological polar surface area (TPSA) is 84.3 Å². The maximum absolute atomic E-state index is 13.3. The number of hydrogen-bond acceptors (Lipinski definition) is 5. The summed E-state index contributed by atoms with van der Waals surface area (Å²) in [6.07, 6.45) is 3.91. The van der Waals surface area contributed by atoms with Gasteiger partial charge < -0.3 is 5.32 Å². The van der Waals surface area contributed by atoms with Crippen molar-refractivity contribution in [2.24, 2.45) is 0 Å². The first-order chi connectivity index (χ1) is 14.4. The lowest BCUT2D eigenvalue weighted by Gasteiger charge is -2.17. The third kappa shape index (κ3) is 3.92. The van der Waals surface area contributed by atoms with E-state index in [-0.39, 0.29) is 17.5 Å². The highest BCUT2D eigenvalue weighted by Crippen LogP contribution is 2.26. The van der Waals surface area contributed by atoms with Crippen LogP contribution in [0.4, 0.5) is 15.8 Å². The van der Waals surface area contributed by atoms with E-state index in [9.17, 15) is 17.6 Å². The quantitative estimate of drug-likeness (QED) is 0.606. The van der Waals surface area contributed by atoms with Crippen molar-refractivity contribution < 1.29 is 17.6 Å². The monoisotopic (exact) mass is 446 g/mol. The molecule has 0 unspecified atom stereocenters. The van der Waals surface area contributed by atoms with Crippen LogP contribution in [0.2, 0.25) is 0 Å². The van der Waals surface area contributed by atoms with Gasteiger partial charge in [0, 0.05) is 17.9 Å². The van der Waals surface area contributed by atoms with Crippen molar-refractivity contribution in [1.82, 2.24) is 9.55 Å². The summed E-state index contributed by atoms with van der Waals surface area (Å²) in [5, 5.41) is 3.40. The number of anilines is 2. The Hall–Kier alpha value is -2.85. The van der Waals surface area contributed by atoms with Crippen molar-refractivity contribution >= 4 is 39.1 Å². The summed E-state index contributed by atoms with van der Waals surface area (Å²) in [6, 6.07) is 12.5. The fourth-order valence-corrected chi connectivity index (χ4v) is 5.42. The molecule has 1 aliphatic heterocycles. The van der Waals surface area contributed by atoms with Crippen LogP contribution in [0.1, 0.15) is 16.9 Å². The molecular formula is C20H19FN4O3S2. The predicted molar refractivity (Wildman–Crippen MR) is 115 cm³/mol. The van der Waals surface area contributed by atoms with Crippen LogP contribution in [-0.4, -0.2) is 42.4 Å². The molecule has 0 radical (unpaired) electrons. The molecule has 0 atom stereocenters. The Morgan fingerprint density at radius 2 is 1.77 bits per heavy atom. The molecule has 2 aromatic carbocycles. The van der Waals surface area contributed by atoms with Gasteiger partial charge in [0.25, 0.3) is 5.91 Å². The molecule has 0 bridgehead atoms. The molecule has 1 amide bonds. The minimum Gasteiger partial charge on any atom is -0.321 e. The Balaban J connectivity index is 1.57. The maximum atomic E-state index is 13.3. The molecule has 0 saturated carbocycles. The smallest absolute Gasteiger partial charge is 0.274 e.